The second-order valence-electron chi connectivity index (χ2n) is 3.79. The van der Waals surface area contributed by atoms with Gasteiger partial charge in [0, 0.05) is 9.64 Å². The molecule has 20 heavy (non-hydrogen) atoms. The fourth-order valence-corrected chi connectivity index (χ4v) is 2.51. The number of hydrogen-bond donors (Lipinski definition) is 0. The Morgan fingerprint density at radius 1 is 1.05 bits per heavy atom. The first kappa shape index (κ1) is 15.4. The van der Waals surface area contributed by atoms with Crippen molar-refractivity contribution in [1.29, 1.82) is 0 Å². The highest BCUT2D eigenvalue weighted by Gasteiger charge is 2.12. The first-order valence-corrected chi connectivity index (χ1v) is 7.54. The minimum Gasteiger partial charge on any atom is -0.497 e. The number of methoxy groups -OCH3 is 1. The minimum atomic E-state index is -0.372. The van der Waals surface area contributed by atoms with Crippen molar-refractivity contribution in [1.82, 2.24) is 0 Å². The molecule has 0 saturated heterocycles. The van der Waals surface area contributed by atoms with Gasteiger partial charge in [-0.15, -0.1) is 0 Å². The highest BCUT2D eigenvalue weighted by Crippen LogP contribution is 2.27. The van der Waals surface area contributed by atoms with Gasteiger partial charge in [-0.3, -0.25) is 0 Å². The summed E-state index contributed by atoms with van der Waals surface area (Å²) < 4.78 is 16.3. The number of carbonyl (C=O) groups excluding carboxylic acids is 1. The average molecular weight is 496 g/mol. The molecule has 0 fully saturated rings. The summed E-state index contributed by atoms with van der Waals surface area (Å²) in [5.74, 6) is 1.67. The fraction of sp³-hybridized carbons (Fsp3) is 0.0714. The Hall–Kier alpha value is -1.03. The molecule has 0 radical (unpaired) electrons. The molecular formula is C14H10I2O4. The molecule has 104 valence electrons. The predicted molar refractivity (Wildman–Crippen MR) is 91.7 cm³/mol. The monoisotopic (exact) mass is 496 g/mol. The third-order valence-corrected chi connectivity index (χ3v) is 3.80. The summed E-state index contributed by atoms with van der Waals surface area (Å²) in [6, 6.07) is 12.5. The maximum absolute atomic E-state index is 11.5. The van der Waals surface area contributed by atoms with Crippen LogP contribution in [0.25, 0.3) is 0 Å². The van der Waals surface area contributed by atoms with E-state index in [2.05, 4.69) is 25.7 Å². The number of rotatable bonds is 4. The summed E-state index contributed by atoms with van der Waals surface area (Å²) in [6.07, 6.45) is 0. The number of carbonyl (C=O) groups is 1. The standard InChI is InChI=1S/C14H10I2O4/c1-18-9-3-2-4-10(7-9)19-11-5-6-12(13(15)8-11)14(17)20-16/h2-8H,1H3. The van der Waals surface area contributed by atoms with Crippen LogP contribution in [0.5, 0.6) is 17.2 Å². The molecule has 0 aliphatic carbocycles. The van der Waals surface area contributed by atoms with Gasteiger partial charge in [0.05, 0.1) is 12.7 Å². The van der Waals surface area contributed by atoms with Crippen LogP contribution in [-0.2, 0) is 3.07 Å². The third kappa shape index (κ3) is 3.75. The SMILES string of the molecule is COc1cccc(Oc2ccc(C(=O)OI)c(I)c2)c1. The van der Waals surface area contributed by atoms with E-state index in [1.165, 1.54) is 0 Å². The van der Waals surface area contributed by atoms with Gasteiger partial charge < -0.3 is 12.5 Å². The van der Waals surface area contributed by atoms with Gasteiger partial charge in [0.15, 0.2) is 23.0 Å². The number of halogens is 2. The van der Waals surface area contributed by atoms with E-state index in [1.807, 2.05) is 18.2 Å². The van der Waals surface area contributed by atoms with E-state index in [0.29, 0.717) is 17.1 Å². The molecule has 0 aliphatic heterocycles. The lowest BCUT2D eigenvalue weighted by Gasteiger charge is -2.09. The molecule has 0 aliphatic rings. The first-order chi connectivity index (χ1) is 9.63. The summed E-state index contributed by atoms with van der Waals surface area (Å²) in [6.45, 7) is 0. The van der Waals surface area contributed by atoms with E-state index in [1.54, 1.807) is 54.4 Å². The van der Waals surface area contributed by atoms with Gasteiger partial charge in [0.25, 0.3) is 0 Å². The summed E-state index contributed by atoms with van der Waals surface area (Å²) in [5, 5.41) is 0. The van der Waals surface area contributed by atoms with E-state index < -0.39 is 0 Å². The van der Waals surface area contributed by atoms with Crippen LogP contribution in [-0.4, -0.2) is 13.1 Å². The first-order valence-electron chi connectivity index (χ1n) is 5.58. The summed E-state index contributed by atoms with van der Waals surface area (Å²) in [7, 11) is 1.60. The zero-order chi connectivity index (χ0) is 14.5. The van der Waals surface area contributed by atoms with E-state index in [0.717, 1.165) is 9.32 Å². The highest BCUT2D eigenvalue weighted by molar-refractivity contribution is 14.1. The highest BCUT2D eigenvalue weighted by atomic mass is 127. The van der Waals surface area contributed by atoms with Crippen molar-refractivity contribution < 1.29 is 17.3 Å². The van der Waals surface area contributed by atoms with Crippen molar-refractivity contribution in [3.05, 3.63) is 51.6 Å². The molecule has 0 unspecified atom stereocenters. The summed E-state index contributed by atoms with van der Waals surface area (Å²) in [5.41, 5.74) is 0.512. The van der Waals surface area contributed by atoms with Crippen LogP contribution in [0.15, 0.2) is 42.5 Å². The lowest BCUT2D eigenvalue weighted by atomic mass is 10.2. The van der Waals surface area contributed by atoms with Crippen LogP contribution in [0.4, 0.5) is 0 Å². The topological polar surface area (TPSA) is 44.8 Å². The lowest BCUT2D eigenvalue weighted by molar-refractivity contribution is 0.0799. The normalized spacial score (nSPS) is 9.95. The number of hydrogen-bond acceptors (Lipinski definition) is 4. The Balaban J connectivity index is 2.21. The molecule has 0 saturated carbocycles. The number of benzene rings is 2. The number of ether oxygens (including phenoxy) is 2. The molecular weight excluding hydrogens is 486 g/mol. The molecule has 2 aromatic rings. The Morgan fingerprint density at radius 3 is 2.40 bits per heavy atom. The Morgan fingerprint density at radius 2 is 1.75 bits per heavy atom. The molecule has 0 amide bonds. The zero-order valence-electron chi connectivity index (χ0n) is 10.4. The van der Waals surface area contributed by atoms with Gasteiger partial charge in [-0.1, -0.05) is 6.07 Å². The van der Waals surface area contributed by atoms with Crippen LogP contribution < -0.4 is 9.47 Å². The molecule has 6 heteroatoms. The molecule has 0 aromatic heterocycles. The second kappa shape index (κ2) is 7.11. The van der Waals surface area contributed by atoms with E-state index in [4.69, 9.17) is 9.47 Å². The van der Waals surface area contributed by atoms with Crippen molar-refractivity contribution in [2.75, 3.05) is 7.11 Å². The van der Waals surface area contributed by atoms with Crippen LogP contribution in [0, 0.1) is 3.57 Å². The van der Waals surface area contributed by atoms with Gasteiger partial charge in [-0.05, 0) is 52.9 Å². The molecule has 2 rings (SSSR count). The third-order valence-electron chi connectivity index (χ3n) is 2.51. The molecule has 0 heterocycles. The van der Waals surface area contributed by atoms with Gasteiger partial charge in [0.2, 0.25) is 0 Å². The maximum atomic E-state index is 11.5. The van der Waals surface area contributed by atoms with Crippen molar-refractivity contribution >= 4 is 51.6 Å². The van der Waals surface area contributed by atoms with Crippen molar-refractivity contribution in [3.63, 3.8) is 0 Å². The van der Waals surface area contributed by atoms with Crippen LogP contribution in [0.1, 0.15) is 10.4 Å². The summed E-state index contributed by atoms with van der Waals surface area (Å²) >= 11 is 3.64. The minimum absolute atomic E-state index is 0.372. The molecule has 2 aromatic carbocycles. The average Bonchev–Trinajstić information content (AvgIpc) is 2.47. The zero-order valence-corrected chi connectivity index (χ0v) is 14.7. The van der Waals surface area contributed by atoms with Gasteiger partial charge in [-0.25, -0.2) is 4.79 Å². The molecule has 4 nitrogen and oxygen atoms in total. The Kier molecular flexibility index (Phi) is 5.46. The molecule has 0 atom stereocenters. The van der Waals surface area contributed by atoms with Gasteiger partial charge in [-0.2, -0.15) is 0 Å². The van der Waals surface area contributed by atoms with E-state index in [9.17, 15) is 4.79 Å². The van der Waals surface area contributed by atoms with Gasteiger partial charge in [0.1, 0.15) is 17.2 Å². The van der Waals surface area contributed by atoms with E-state index >= 15 is 0 Å². The van der Waals surface area contributed by atoms with Crippen molar-refractivity contribution in [2.45, 2.75) is 0 Å². The molecule has 0 N–H and O–H groups in total. The quantitative estimate of drug-likeness (QED) is 0.581. The Bertz CT molecular complexity index is 628. The fourth-order valence-electron chi connectivity index (χ4n) is 1.57. The Labute approximate surface area is 144 Å². The smallest absolute Gasteiger partial charge is 0.348 e. The predicted octanol–water partition coefficient (Wildman–Crippen LogP) is 4.60. The van der Waals surface area contributed by atoms with Crippen LogP contribution >= 0.6 is 45.6 Å². The second-order valence-corrected chi connectivity index (χ2v) is 5.39. The maximum Gasteiger partial charge on any atom is 0.348 e. The van der Waals surface area contributed by atoms with Crippen molar-refractivity contribution in [2.24, 2.45) is 0 Å². The van der Waals surface area contributed by atoms with E-state index in [-0.39, 0.29) is 5.97 Å². The van der Waals surface area contributed by atoms with Crippen molar-refractivity contribution in [3.8, 4) is 17.2 Å². The molecule has 0 bridgehead atoms. The lowest BCUT2D eigenvalue weighted by Crippen LogP contribution is -2.00. The van der Waals surface area contributed by atoms with Gasteiger partial charge >= 0.3 is 5.97 Å². The molecule has 0 spiro atoms. The van der Waals surface area contributed by atoms with Crippen LogP contribution in [0.2, 0.25) is 0 Å². The van der Waals surface area contributed by atoms with Crippen LogP contribution in [0.3, 0.4) is 0 Å². The largest absolute Gasteiger partial charge is 0.497 e. The summed E-state index contributed by atoms with van der Waals surface area (Å²) in [4.78, 5) is 11.5.